The van der Waals surface area contributed by atoms with Crippen molar-refractivity contribution in [1.29, 1.82) is 0 Å². The summed E-state index contributed by atoms with van der Waals surface area (Å²) in [5.74, 6) is -3.95. The highest BCUT2D eigenvalue weighted by Crippen LogP contribution is 2.40. The van der Waals surface area contributed by atoms with Gasteiger partial charge in [0.15, 0.2) is 17.7 Å². The third kappa shape index (κ3) is 11.4. The zero-order valence-corrected chi connectivity index (χ0v) is 27.3. The maximum absolute atomic E-state index is 15.8. The van der Waals surface area contributed by atoms with E-state index in [9.17, 15) is 27.9 Å². The molecule has 0 aromatic heterocycles. The van der Waals surface area contributed by atoms with E-state index in [0.717, 1.165) is 38.5 Å². The van der Waals surface area contributed by atoms with Crippen LogP contribution in [0.4, 0.5) is 17.6 Å². The molecule has 5 nitrogen and oxygen atoms in total. The minimum absolute atomic E-state index is 0.0808. The second kappa shape index (κ2) is 19.1. The minimum atomic E-state index is -4.71. The summed E-state index contributed by atoms with van der Waals surface area (Å²) >= 11 is 0. The lowest BCUT2D eigenvalue weighted by Crippen LogP contribution is -2.33. The molecule has 0 radical (unpaired) electrons. The molecule has 1 unspecified atom stereocenters. The molecule has 0 heterocycles. The molecule has 47 heavy (non-hydrogen) atoms. The predicted molar refractivity (Wildman–Crippen MR) is 176 cm³/mol. The number of phenolic OH excluding ortho intramolecular Hbond substituents is 1. The van der Waals surface area contributed by atoms with Crippen LogP contribution >= 0.6 is 0 Å². The molecule has 0 fully saturated rings. The molecule has 0 spiro atoms. The number of alkyl halides is 3. The number of phenols is 1. The van der Waals surface area contributed by atoms with Crippen LogP contribution in [-0.2, 0) is 9.47 Å². The number of carbonyl (C=O) groups excluding carboxylic acids is 2. The van der Waals surface area contributed by atoms with Gasteiger partial charge in [-0.25, -0.2) is 14.0 Å². The van der Waals surface area contributed by atoms with E-state index in [4.69, 9.17) is 9.47 Å². The zero-order chi connectivity index (χ0) is 34.2. The van der Waals surface area contributed by atoms with Crippen LogP contribution in [0.5, 0.6) is 5.75 Å². The fourth-order valence-electron chi connectivity index (χ4n) is 5.41. The van der Waals surface area contributed by atoms with Crippen molar-refractivity contribution in [2.24, 2.45) is 0 Å². The average Bonchev–Trinajstić information content (AvgIpc) is 3.06. The molecule has 3 aromatic rings. The summed E-state index contributed by atoms with van der Waals surface area (Å²) in [4.78, 5) is 26.0. The Hall–Kier alpha value is -3.88. The third-order valence-electron chi connectivity index (χ3n) is 8.13. The smallest absolute Gasteiger partial charge is 0.425 e. The van der Waals surface area contributed by atoms with E-state index in [1.54, 1.807) is 30.3 Å². The Kier molecular flexibility index (Phi) is 15.2. The zero-order valence-electron chi connectivity index (χ0n) is 27.3. The van der Waals surface area contributed by atoms with E-state index < -0.39 is 41.3 Å². The summed E-state index contributed by atoms with van der Waals surface area (Å²) in [5.41, 5.74) is 0.436. The second-order valence-electron chi connectivity index (χ2n) is 11.8. The van der Waals surface area contributed by atoms with Crippen LogP contribution in [0.2, 0.25) is 0 Å². The summed E-state index contributed by atoms with van der Waals surface area (Å²) < 4.78 is 66.9. The van der Waals surface area contributed by atoms with Crippen LogP contribution < -0.4 is 0 Å². The molecule has 0 saturated carbocycles. The number of aromatic hydroxyl groups is 1. The van der Waals surface area contributed by atoms with Crippen molar-refractivity contribution in [3.8, 4) is 28.0 Å². The SMILES string of the molecule is CCCCCCCCCCOC(=O)c1c(-c2ccc(C(=O)OC(CCCCCC)C(F)(F)F)cc2)cc(-c2ccccc2)c(O)c1F. The topological polar surface area (TPSA) is 72.8 Å². The van der Waals surface area contributed by atoms with Crippen LogP contribution in [-0.4, -0.2) is 35.9 Å². The first-order chi connectivity index (χ1) is 22.6. The van der Waals surface area contributed by atoms with Crippen molar-refractivity contribution in [2.75, 3.05) is 6.61 Å². The number of halogens is 4. The number of carbonyl (C=O) groups is 2. The van der Waals surface area contributed by atoms with E-state index in [1.807, 2.05) is 6.92 Å². The molecule has 3 aromatic carbocycles. The summed E-state index contributed by atoms with van der Waals surface area (Å²) in [6.45, 7) is 4.19. The van der Waals surface area contributed by atoms with Gasteiger partial charge in [-0.2, -0.15) is 13.2 Å². The summed E-state index contributed by atoms with van der Waals surface area (Å²) in [6.07, 6.45) is 3.59. The van der Waals surface area contributed by atoms with Gasteiger partial charge < -0.3 is 14.6 Å². The number of benzene rings is 3. The number of hydrogen-bond donors (Lipinski definition) is 1. The molecule has 0 amide bonds. The first kappa shape index (κ1) is 37.6. The van der Waals surface area contributed by atoms with Gasteiger partial charge in [-0.3, -0.25) is 0 Å². The van der Waals surface area contributed by atoms with Crippen LogP contribution in [0, 0.1) is 5.82 Å². The number of unbranched alkanes of at least 4 members (excludes halogenated alkanes) is 10. The van der Waals surface area contributed by atoms with Gasteiger partial charge in [-0.05, 0) is 48.6 Å². The first-order valence-corrected chi connectivity index (χ1v) is 16.7. The quantitative estimate of drug-likeness (QED) is 0.0788. The number of esters is 2. The van der Waals surface area contributed by atoms with Crippen molar-refractivity contribution < 1.29 is 41.7 Å². The number of rotatable bonds is 19. The van der Waals surface area contributed by atoms with Gasteiger partial charge >= 0.3 is 18.1 Å². The van der Waals surface area contributed by atoms with Gasteiger partial charge in [0.25, 0.3) is 0 Å². The fraction of sp³-hybridized carbons (Fsp3) is 0.474. The normalized spacial score (nSPS) is 12.1. The monoisotopic (exact) mass is 658 g/mol. The molecule has 3 rings (SSSR count). The van der Waals surface area contributed by atoms with Crippen molar-refractivity contribution in [1.82, 2.24) is 0 Å². The largest absolute Gasteiger partial charge is 0.504 e. The lowest BCUT2D eigenvalue weighted by atomic mass is 9.92. The Morgan fingerprint density at radius 1 is 0.723 bits per heavy atom. The van der Waals surface area contributed by atoms with E-state index in [0.29, 0.717) is 24.0 Å². The Bertz CT molecular complexity index is 1400. The molecule has 0 aliphatic carbocycles. The molecule has 0 bridgehead atoms. The van der Waals surface area contributed by atoms with Crippen LogP contribution in [0.25, 0.3) is 22.3 Å². The molecule has 0 aliphatic heterocycles. The van der Waals surface area contributed by atoms with E-state index in [1.165, 1.54) is 49.6 Å². The van der Waals surface area contributed by atoms with E-state index >= 15 is 4.39 Å². The molecule has 0 aliphatic rings. The molecule has 1 atom stereocenters. The van der Waals surface area contributed by atoms with Gasteiger partial charge in [0.05, 0.1) is 12.2 Å². The van der Waals surface area contributed by atoms with Gasteiger partial charge in [0.2, 0.25) is 0 Å². The van der Waals surface area contributed by atoms with Crippen LogP contribution in [0.15, 0.2) is 60.7 Å². The van der Waals surface area contributed by atoms with E-state index in [-0.39, 0.29) is 36.1 Å². The maximum atomic E-state index is 15.8. The highest BCUT2D eigenvalue weighted by Gasteiger charge is 2.42. The third-order valence-corrected chi connectivity index (χ3v) is 8.13. The lowest BCUT2D eigenvalue weighted by molar-refractivity contribution is -0.206. The van der Waals surface area contributed by atoms with Crippen molar-refractivity contribution in [2.45, 2.75) is 110 Å². The Labute approximate surface area is 275 Å². The fourth-order valence-corrected chi connectivity index (χ4v) is 5.41. The molecule has 0 saturated heterocycles. The Morgan fingerprint density at radius 3 is 1.87 bits per heavy atom. The van der Waals surface area contributed by atoms with Gasteiger partial charge in [0.1, 0.15) is 5.56 Å². The predicted octanol–water partition coefficient (Wildman–Crippen LogP) is 11.2. The summed E-state index contributed by atoms with van der Waals surface area (Å²) in [5, 5.41) is 10.8. The summed E-state index contributed by atoms with van der Waals surface area (Å²) in [7, 11) is 0. The Morgan fingerprint density at radius 2 is 1.28 bits per heavy atom. The van der Waals surface area contributed by atoms with Gasteiger partial charge in [0, 0.05) is 11.1 Å². The average molecular weight is 659 g/mol. The number of hydrogen-bond acceptors (Lipinski definition) is 5. The van der Waals surface area contributed by atoms with Crippen molar-refractivity contribution in [3.05, 3.63) is 77.6 Å². The standard InChI is InChI=1S/C38H46F4O5/c1-3-5-7-9-10-11-12-17-25-46-37(45)33-30(26-31(35(43)34(33)39)27-18-14-13-15-19-27)28-21-23-29(24-22-28)36(44)47-32(38(40,41)42)20-16-8-6-4-2/h13-15,18-19,21-24,26,32,43H,3-12,16-17,20,25H2,1-2H3. The minimum Gasteiger partial charge on any atom is -0.504 e. The first-order valence-electron chi connectivity index (χ1n) is 16.7. The summed E-state index contributed by atoms with van der Waals surface area (Å²) in [6, 6.07) is 15.4. The van der Waals surface area contributed by atoms with Crippen molar-refractivity contribution >= 4 is 11.9 Å². The van der Waals surface area contributed by atoms with Gasteiger partial charge in [-0.1, -0.05) is 121 Å². The molecular weight excluding hydrogens is 612 g/mol. The van der Waals surface area contributed by atoms with Gasteiger partial charge in [-0.15, -0.1) is 0 Å². The lowest BCUT2D eigenvalue weighted by Gasteiger charge is -2.21. The number of ether oxygens (including phenoxy) is 2. The second-order valence-corrected chi connectivity index (χ2v) is 11.8. The highest BCUT2D eigenvalue weighted by atomic mass is 19.4. The molecule has 256 valence electrons. The molecular formula is C38H46F4O5. The Balaban J connectivity index is 1.83. The van der Waals surface area contributed by atoms with Crippen molar-refractivity contribution in [3.63, 3.8) is 0 Å². The van der Waals surface area contributed by atoms with Crippen LogP contribution in [0.3, 0.4) is 0 Å². The van der Waals surface area contributed by atoms with E-state index in [2.05, 4.69) is 6.92 Å². The molecule has 1 N–H and O–H groups in total. The highest BCUT2D eigenvalue weighted by molar-refractivity contribution is 6.00. The maximum Gasteiger partial charge on any atom is 0.425 e. The molecule has 9 heteroatoms. The van der Waals surface area contributed by atoms with Crippen LogP contribution in [0.1, 0.15) is 118 Å².